The van der Waals surface area contributed by atoms with Crippen molar-refractivity contribution in [1.29, 1.82) is 5.26 Å². The standard InChI is InChI=1S/C21H17N5O/c1-14-9-16-6-2-3-8-19(16)26(14)21(27)18-12-24-20(13-23-18)25-17-7-4-5-15(10-17)11-22/h2-8,10,12-14H,9H2,1H3,(H,24,25). The van der Waals surface area contributed by atoms with Crippen LogP contribution < -0.4 is 10.2 Å². The first-order valence-corrected chi connectivity index (χ1v) is 8.66. The fourth-order valence-corrected chi connectivity index (χ4v) is 3.32. The molecule has 0 bridgehead atoms. The Bertz CT molecular complexity index is 1040. The zero-order chi connectivity index (χ0) is 18.8. The van der Waals surface area contributed by atoms with Crippen LogP contribution in [0.5, 0.6) is 0 Å². The first-order chi connectivity index (χ1) is 13.2. The second kappa shape index (κ2) is 6.89. The zero-order valence-electron chi connectivity index (χ0n) is 14.8. The second-order valence-corrected chi connectivity index (χ2v) is 6.46. The highest BCUT2D eigenvalue weighted by Gasteiger charge is 2.31. The van der Waals surface area contributed by atoms with Crippen LogP contribution in [0.4, 0.5) is 17.2 Å². The highest BCUT2D eigenvalue weighted by molar-refractivity contribution is 6.06. The number of para-hydroxylation sites is 1. The van der Waals surface area contributed by atoms with Crippen molar-refractivity contribution in [1.82, 2.24) is 9.97 Å². The smallest absolute Gasteiger partial charge is 0.278 e. The molecule has 0 spiro atoms. The quantitative estimate of drug-likeness (QED) is 0.775. The number of nitrogens with zero attached hydrogens (tertiary/aromatic N) is 4. The Morgan fingerprint density at radius 3 is 2.81 bits per heavy atom. The molecule has 1 aliphatic rings. The summed E-state index contributed by atoms with van der Waals surface area (Å²) in [6.07, 6.45) is 3.84. The predicted octanol–water partition coefficient (Wildman–Crippen LogP) is 3.68. The molecule has 6 heteroatoms. The van der Waals surface area contributed by atoms with E-state index < -0.39 is 0 Å². The molecule has 0 saturated heterocycles. The number of hydrogen-bond acceptors (Lipinski definition) is 5. The van der Waals surface area contributed by atoms with Crippen molar-refractivity contribution in [2.45, 2.75) is 19.4 Å². The number of amides is 1. The molecule has 0 aliphatic carbocycles. The van der Waals surface area contributed by atoms with Gasteiger partial charge in [0.1, 0.15) is 11.5 Å². The molecule has 1 unspecified atom stereocenters. The van der Waals surface area contributed by atoms with E-state index >= 15 is 0 Å². The van der Waals surface area contributed by atoms with Gasteiger partial charge in [0.25, 0.3) is 5.91 Å². The Kier molecular flexibility index (Phi) is 4.27. The van der Waals surface area contributed by atoms with Crippen LogP contribution in [0, 0.1) is 11.3 Å². The number of fused-ring (bicyclic) bond motifs is 1. The molecule has 27 heavy (non-hydrogen) atoms. The zero-order valence-corrected chi connectivity index (χ0v) is 14.8. The van der Waals surface area contributed by atoms with Crippen LogP contribution in [0.25, 0.3) is 0 Å². The first-order valence-electron chi connectivity index (χ1n) is 8.66. The van der Waals surface area contributed by atoms with Gasteiger partial charge < -0.3 is 10.2 Å². The molecule has 0 fully saturated rings. The Morgan fingerprint density at radius 2 is 2.04 bits per heavy atom. The number of hydrogen-bond donors (Lipinski definition) is 1. The number of benzene rings is 2. The SMILES string of the molecule is CC1Cc2ccccc2N1C(=O)c1cnc(Nc2cccc(C#N)c2)cn1. The Balaban J connectivity index is 1.54. The minimum atomic E-state index is -0.155. The van der Waals surface area contributed by atoms with Crippen molar-refractivity contribution in [3.63, 3.8) is 0 Å². The monoisotopic (exact) mass is 355 g/mol. The fourth-order valence-electron chi connectivity index (χ4n) is 3.32. The summed E-state index contributed by atoms with van der Waals surface area (Å²) in [6.45, 7) is 2.03. The average molecular weight is 355 g/mol. The van der Waals surface area contributed by atoms with Crippen LogP contribution in [0.3, 0.4) is 0 Å². The van der Waals surface area contributed by atoms with Crippen molar-refractivity contribution in [2.75, 3.05) is 10.2 Å². The van der Waals surface area contributed by atoms with Gasteiger partial charge in [-0.1, -0.05) is 24.3 Å². The lowest BCUT2D eigenvalue weighted by Crippen LogP contribution is -2.36. The number of anilines is 3. The molecular weight excluding hydrogens is 338 g/mol. The van der Waals surface area contributed by atoms with Crippen LogP contribution in [0.15, 0.2) is 60.9 Å². The summed E-state index contributed by atoms with van der Waals surface area (Å²) < 4.78 is 0. The minimum Gasteiger partial charge on any atom is -0.339 e. The molecule has 1 aliphatic heterocycles. The van der Waals surface area contributed by atoms with E-state index in [0.717, 1.165) is 17.8 Å². The van der Waals surface area contributed by atoms with E-state index in [-0.39, 0.29) is 11.9 Å². The number of nitrogens with one attached hydrogen (secondary N) is 1. The number of aromatic nitrogens is 2. The number of nitriles is 1. The van der Waals surface area contributed by atoms with Gasteiger partial charge >= 0.3 is 0 Å². The summed E-state index contributed by atoms with van der Waals surface area (Å²) in [5.74, 6) is 0.356. The first kappa shape index (κ1) is 16.7. The maximum Gasteiger partial charge on any atom is 0.278 e. The normalized spacial score (nSPS) is 15.1. The van der Waals surface area contributed by atoms with Gasteiger partial charge in [-0.2, -0.15) is 5.26 Å². The van der Waals surface area contributed by atoms with Crippen molar-refractivity contribution < 1.29 is 4.79 Å². The highest BCUT2D eigenvalue weighted by Crippen LogP contribution is 2.32. The molecule has 2 aromatic carbocycles. The largest absolute Gasteiger partial charge is 0.339 e. The Hall–Kier alpha value is -3.72. The molecule has 1 aromatic heterocycles. The van der Waals surface area contributed by atoms with E-state index in [1.54, 1.807) is 23.1 Å². The van der Waals surface area contributed by atoms with Gasteiger partial charge in [0, 0.05) is 17.4 Å². The van der Waals surface area contributed by atoms with Gasteiger partial charge in [0.05, 0.1) is 24.0 Å². The molecule has 132 valence electrons. The highest BCUT2D eigenvalue weighted by atomic mass is 16.2. The van der Waals surface area contributed by atoms with E-state index in [4.69, 9.17) is 5.26 Å². The predicted molar refractivity (Wildman–Crippen MR) is 103 cm³/mol. The van der Waals surface area contributed by atoms with Crippen molar-refractivity contribution in [3.8, 4) is 6.07 Å². The lowest BCUT2D eigenvalue weighted by Gasteiger charge is -2.22. The third kappa shape index (κ3) is 3.23. The topological polar surface area (TPSA) is 81.9 Å². The molecule has 0 saturated carbocycles. The molecule has 1 amide bonds. The fraction of sp³-hybridized carbons (Fsp3) is 0.143. The van der Waals surface area contributed by atoms with Crippen LogP contribution >= 0.6 is 0 Å². The van der Waals surface area contributed by atoms with Crippen molar-refractivity contribution in [3.05, 3.63) is 77.7 Å². The molecule has 2 heterocycles. The summed E-state index contributed by atoms with van der Waals surface area (Å²) in [7, 11) is 0. The van der Waals surface area contributed by atoms with Crippen LogP contribution in [-0.2, 0) is 6.42 Å². The van der Waals surface area contributed by atoms with E-state index in [0.29, 0.717) is 17.1 Å². The van der Waals surface area contributed by atoms with Crippen LogP contribution in [-0.4, -0.2) is 21.9 Å². The maximum absolute atomic E-state index is 12.9. The summed E-state index contributed by atoms with van der Waals surface area (Å²) in [5, 5.41) is 12.1. The van der Waals surface area contributed by atoms with Gasteiger partial charge in [0.2, 0.25) is 0 Å². The molecule has 6 nitrogen and oxygen atoms in total. The van der Waals surface area contributed by atoms with Gasteiger partial charge in [-0.15, -0.1) is 0 Å². The van der Waals surface area contributed by atoms with E-state index in [2.05, 4.69) is 21.4 Å². The van der Waals surface area contributed by atoms with Crippen molar-refractivity contribution >= 4 is 23.1 Å². The molecule has 1 N–H and O–H groups in total. The van der Waals surface area contributed by atoms with Gasteiger partial charge in [-0.25, -0.2) is 9.97 Å². The summed E-state index contributed by atoms with van der Waals surface area (Å²) in [5.41, 5.74) is 3.70. The van der Waals surface area contributed by atoms with Gasteiger partial charge in [0.15, 0.2) is 0 Å². The minimum absolute atomic E-state index is 0.0863. The summed E-state index contributed by atoms with van der Waals surface area (Å²) >= 11 is 0. The molecule has 1 atom stereocenters. The van der Waals surface area contributed by atoms with Crippen molar-refractivity contribution in [2.24, 2.45) is 0 Å². The Morgan fingerprint density at radius 1 is 1.19 bits per heavy atom. The van der Waals surface area contributed by atoms with E-state index in [1.165, 1.54) is 18.0 Å². The van der Waals surface area contributed by atoms with Gasteiger partial charge in [-0.05, 0) is 43.2 Å². The number of carbonyl (C=O) groups excluding carboxylic acids is 1. The van der Waals surface area contributed by atoms with Crippen LogP contribution in [0.1, 0.15) is 28.5 Å². The third-order valence-electron chi connectivity index (χ3n) is 4.56. The lowest BCUT2D eigenvalue weighted by atomic mass is 10.1. The molecule has 0 radical (unpaired) electrons. The molecular formula is C21H17N5O. The van der Waals surface area contributed by atoms with Crippen LogP contribution in [0.2, 0.25) is 0 Å². The van der Waals surface area contributed by atoms with Gasteiger partial charge in [-0.3, -0.25) is 4.79 Å². The summed E-state index contributed by atoms with van der Waals surface area (Å²) in [6, 6.07) is 17.2. The maximum atomic E-state index is 12.9. The molecule has 4 rings (SSSR count). The van der Waals surface area contributed by atoms with E-state index in [1.807, 2.05) is 37.3 Å². The Labute approximate surface area is 157 Å². The lowest BCUT2D eigenvalue weighted by molar-refractivity contribution is 0.0976. The van der Waals surface area contributed by atoms with E-state index in [9.17, 15) is 4.79 Å². The third-order valence-corrected chi connectivity index (χ3v) is 4.56. The average Bonchev–Trinajstić information content (AvgIpc) is 3.04. The molecule has 3 aromatic rings. The number of carbonyl (C=O) groups is 1. The number of rotatable bonds is 3. The second-order valence-electron chi connectivity index (χ2n) is 6.46. The summed E-state index contributed by atoms with van der Waals surface area (Å²) in [4.78, 5) is 23.3.